The predicted molar refractivity (Wildman–Crippen MR) is 55.9 cm³/mol. The molecule has 0 bridgehead atoms. The van der Waals surface area contributed by atoms with Crippen LogP contribution in [0.5, 0.6) is 0 Å². The lowest BCUT2D eigenvalue weighted by molar-refractivity contribution is 0.774. The molecule has 0 aliphatic rings. The SMILES string of the molecule is C[C@H](CN)c1ccc(C#N)cc1.Cl. The number of benzene rings is 1. The molecule has 0 saturated heterocycles. The van der Waals surface area contributed by atoms with Gasteiger partial charge in [-0.25, -0.2) is 0 Å². The molecule has 1 atom stereocenters. The molecule has 0 heterocycles. The highest BCUT2D eigenvalue weighted by Crippen LogP contribution is 2.13. The maximum absolute atomic E-state index is 8.55. The number of hydrogen-bond acceptors (Lipinski definition) is 2. The second kappa shape index (κ2) is 5.58. The summed E-state index contributed by atoms with van der Waals surface area (Å²) in [6.45, 7) is 2.72. The Kier molecular flexibility index (Phi) is 5.13. The van der Waals surface area contributed by atoms with E-state index < -0.39 is 0 Å². The number of nitrogens with two attached hydrogens (primary N) is 1. The van der Waals surface area contributed by atoms with Crippen LogP contribution >= 0.6 is 12.4 Å². The monoisotopic (exact) mass is 196 g/mol. The summed E-state index contributed by atoms with van der Waals surface area (Å²) in [6, 6.07) is 9.63. The molecule has 0 aromatic heterocycles. The lowest BCUT2D eigenvalue weighted by atomic mass is 10.0. The Bertz CT molecular complexity index is 287. The van der Waals surface area contributed by atoms with Gasteiger partial charge in [0.05, 0.1) is 11.6 Å². The standard InChI is InChI=1S/C10H12N2.ClH/c1-8(6-11)10-4-2-9(7-12)3-5-10;/h2-5,8H,6,11H2,1H3;1H/t8-;/m1./s1. The molecule has 2 N–H and O–H groups in total. The summed E-state index contributed by atoms with van der Waals surface area (Å²) in [6.07, 6.45) is 0. The zero-order chi connectivity index (χ0) is 8.97. The van der Waals surface area contributed by atoms with Crippen molar-refractivity contribution in [2.24, 2.45) is 5.73 Å². The molecule has 1 rings (SSSR count). The first-order valence-electron chi connectivity index (χ1n) is 3.98. The van der Waals surface area contributed by atoms with Gasteiger partial charge >= 0.3 is 0 Å². The molecule has 3 heteroatoms. The molecule has 0 radical (unpaired) electrons. The lowest BCUT2D eigenvalue weighted by Gasteiger charge is -2.07. The normalized spacial score (nSPS) is 11.2. The summed E-state index contributed by atoms with van der Waals surface area (Å²) < 4.78 is 0. The third-order valence-corrected chi connectivity index (χ3v) is 1.96. The summed E-state index contributed by atoms with van der Waals surface area (Å²) in [7, 11) is 0. The number of rotatable bonds is 2. The highest BCUT2D eigenvalue weighted by molar-refractivity contribution is 5.85. The van der Waals surface area contributed by atoms with Gasteiger partial charge in [0, 0.05) is 0 Å². The van der Waals surface area contributed by atoms with Crippen molar-refractivity contribution in [2.45, 2.75) is 12.8 Å². The molecule has 0 unspecified atom stereocenters. The fourth-order valence-corrected chi connectivity index (χ4v) is 1.02. The number of halogens is 1. The number of hydrogen-bond donors (Lipinski definition) is 1. The van der Waals surface area contributed by atoms with Crippen LogP contribution in [0.25, 0.3) is 0 Å². The van der Waals surface area contributed by atoms with E-state index in [1.807, 2.05) is 24.3 Å². The van der Waals surface area contributed by atoms with Crippen molar-refractivity contribution in [1.82, 2.24) is 0 Å². The molecule has 1 aromatic rings. The average Bonchev–Trinajstić information content (AvgIpc) is 2.17. The van der Waals surface area contributed by atoms with Crippen molar-refractivity contribution in [3.8, 4) is 6.07 Å². The zero-order valence-corrected chi connectivity index (χ0v) is 8.34. The Hall–Kier alpha value is -1.04. The van der Waals surface area contributed by atoms with Crippen molar-refractivity contribution >= 4 is 12.4 Å². The van der Waals surface area contributed by atoms with Crippen molar-refractivity contribution in [3.63, 3.8) is 0 Å². The summed E-state index contributed by atoms with van der Waals surface area (Å²) >= 11 is 0. The van der Waals surface area contributed by atoms with E-state index in [0.717, 1.165) is 0 Å². The molecular weight excluding hydrogens is 184 g/mol. The first kappa shape index (κ1) is 12.0. The Morgan fingerprint density at radius 3 is 2.31 bits per heavy atom. The van der Waals surface area contributed by atoms with Crippen LogP contribution in [0.3, 0.4) is 0 Å². The smallest absolute Gasteiger partial charge is 0.0991 e. The fourth-order valence-electron chi connectivity index (χ4n) is 1.02. The van der Waals surface area contributed by atoms with Crippen molar-refractivity contribution in [1.29, 1.82) is 5.26 Å². The Balaban J connectivity index is 0.00000144. The first-order valence-corrected chi connectivity index (χ1v) is 3.98. The van der Waals surface area contributed by atoms with Crippen LogP contribution in [-0.4, -0.2) is 6.54 Å². The minimum atomic E-state index is 0. The molecule has 0 aliphatic heterocycles. The first-order chi connectivity index (χ1) is 5.77. The Labute approximate surface area is 84.8 Å². The Morgan fingerprint density at radius 1 is 1.38 bits per heavy atom. The molecule has 0 fully saturated rings. The van der Waals surface area contributed by atoms with Crippen LogP contribution in [-0.2, 0) is 0 Å². The highest BCUT2D eigenvalue weighted by Gasteiger charge is 2.01. The molecule has 0 saturated carbocycles. The van der Waals surface area contributed by atoms with Gasteiger partial charge in [-0.1, -0.05) is 19.1 Å². The third-order valence-electron chi connectivity index (χ3n) is 1.96. The predicted octanol–water partition coefficient (Wildman–Crippen LogP) is 2.04. The van der Waals surface area contributed by atoms with E-state index in [2.05, 4.69) is 13.0 Å². The largest absolute Gasteiger partial charge is 0.330 e. The van der Waals surface area contributed by atoms with E-state index in [4.69, 9.17) is 11.0 Å². The van der Waals surface area contributed by atoms with Crippen LogP contribution in [0.15, 0.2) is 24.3 Å². The van der Waals surface area contributed by atoms with E-state index in [1.54, 1.807) is 0 Å². The highest BCUT2D eigenvalue weighted by atomic mass is 35.5. The van der Waals surface area contributed by atoms with Gasteiger partial charge in [-0.2, -0.15) is 5.26 Å². The zero-order valence-electron chi connectivity index (χ0n) is 7.53. The van der Waals surface area contributed by atoms with Crippen molar-refractivity contribution in [2.75, 3.05) is 6.54 Å². The van der Waals surface area contributed by atoms with Crippen LogP contribution in [0.2, 0.25) is 0 Å². The minimum absolute atomic E-state index is 0. The Morgan fingerprint density at radius 2 is 1.92 bits per heavy atom. The molecule has 2 nitrogen and oxygen atoms in total. The number of nitrogens with zero attached hydrogens (tertiary/aromatic N) is 1. The van der Waals surface area contributed by atoms with E-state index >= 15 is 0 Å². The average molecular weight is 197 g/mol. The molecule has 0 amide bonds. The van der Waals surface area contributed by atoms with E-state index in [9.17, 15) is 0 Å². The summed E-state index contributed by atoms with van der Waals surface area (Å²) in [5.74, 6) is 0.373. The molecule has 0 aliphatic carbocycles. The fraction of sp³-hybridized carbons (Fsp3) is 0.300. The quantitative estimate of drug-likeness (QED) is 0.787. The van der Waals surface area contributed by atoms with E-state index in [-0.39, 0.29) is 12.4 Å². The molecule has 0 spiro atoms. The molecule has 70 valence electrons. The van der Waals surface area contributed by atoms with Gasteiger partial charge in [0.15, 0.2) is 0 Å². The maximum Gasteiger partial charge on any atom is 0.0991 e. The topological polar surface area (TPSA) is 49.8 Å². The van der Waals surface area contributed by atoms with Gasteiger partial charge in [0.1, 0.15) is 0 Å². The molecule has 1 aromatic carbocycles. The van der Waals surface area contributed by atoms with Gasteiger partial charge < -0.3 is 5.73 Å². The summed E-state index contributed by atoms with van der Waals surface area (Å²) in [5, 5.41) is 8.55. The second-order valence-corrected chi connectivity index (χ2v) is 2.87. The number of nitriles is 1. The van der Waals surface area contributed by atoms with Crippen LogP contribution < -0.4 is 5.73 Å². The van der Waals surface area contributed by atoms with Gasteiger partial charge in [0.2, 0.25) is 0 Å². The van der Waals surface area contributed by atoms with Crippen LogP contribution in [0.4, 0.5) is 0 Å². The molecular formula is C10H13ClN2. The molecule has 13 heavy (non-hydrogen) atoms. The third kappa shape index (κ3) is 3.06. The van der Waals surface area contributed by atoms with Gasteiger partial charge in [0.25, 0.3) is 0 Å². The van der Waals surface area contributed by atoms with Crippen LogP contribution in [0.1, 0.15) is 24.0 Å². The minimum Gasteiger partial charge on any atom is -0.330 e. The van der Waals surface area contributed by atoms with Crippen molar-refractivity contribution < 1.29 is 0 Å². The van der Waals surface area contributed by atoms with Gasteiger partial charge in [-0.05, 0) is 30.2 Å². The maximum atomic E-state index is 8.55. The van der Waals surface area contributed by atoms with Crippen LogP contribution in [0, 0.1) is 11.3 Å². The lowest BCUT2D eigenvalue weighted by Crippen LogP contribution is -2.08. The van der Waals surface area contributed by atoms with E-state index in [0.29, 0.717) is 18.0 Å². The summed E-state index contributed by atoms with van der Waals surface area (Å²) in [5.41, 5.74) is 7.40. The van der Waals surface area contributed by atoms with Gasteiger partial charge in [-0.15, -0.1) is 12.4 Å². The second-order valence-electron chi connectivity index (χ2n) is 2.87. The van der Waals surface area contributed by atoms with E-state index in [1.165, 1.54) is 5.56 Å². The van der Waals surface area contributed by atoms with Gasteiger partial charge in [-0.3, -0.25) is 0 Å². The summed E-state index contributed by atoms with van der Waals surface area (Å²) in [4.78, 5) is 0. The van der Waals surface area contributed by atoms with Crippen molar-refractivity contribution in [3.05, 3.63) is 35.4 Å².